The average Bonchev–Trinajstić information content (AvgIpc) is 2.62. The van der Waals surface area contributed by atoms with Crippen molar-refractivity contribution in [2.75, 3.05) is 13.1 Å². The van der Waals surface area contributed by atoms with Crippen LogP contribution >= 0.6 is 0 Å². The second-order valence-corrected chi connectivity index (χ2v) is 4.32. The van der Waals surface area contributed by atoms with Gasteiger partial charge in [0, 0.05) is 24.2 Å². The highest BCUT2D eigenvalue weighted by Gasteiger charge is 2.18. The summed E-state index contributed by atoms with van der Waals surface area (Å²) in [5, 5.41) is 0. The molecule has 0 saturated carbocycles. The summed E-state index contributed by atoms with van der Waals surface area (Å²) < 4.78 is 0. The van der Waals surface area contributed by atoms with Crippen molar-refractivity contribution in [2.24, 2.45) is 0 Å². The fourth-order valence-corrected chi connectivity index (χ4v) is 1.97. The molecule has 0 aromatic rings. The standard InChI is InChI=1S/C15H21NO2/c1-3-10-16(11-4-2)15(18)14-9-7-5-6-8-13(14)12-17/h6-9,12H,3-5,10-11H2,1-2H3. The summed E-state index contributed by atoms with van der Waals surface area (Å²) in [6.07, 6.45) is 10.7. The number of carbonyl (C=O) groups excluding carboxylic acids is 2. The van der Waals surface area contributed by atoms with Crippen molar-refractivity contribution in [1.82, 2.24) is 4.90 Å². The highest BCUT2D eigenvalue weighted by molar-refractivity contribution is 6.02. The molecule has 3 heteroatoms. The molecular formula is C15H21NO2. The Bertz CT molecular complexity index is 385. The molecule has 0 unspecified atom stereocenters. The van der Waals surface area contributed by atoms with Gasteiger partial charge in [0.25, 0.3) is 5.91 Å². The van der Waals surface area contributed by atoms with Gasteiger partial charge < -0.3 is 4.90 Å². The number of aldehydes is 1. The number of allylic oxidation sites excluding steroid dienone is 4. The average molecular weight is 247 g/mol. The van der Waals surface area contributed by atoms with Crippen molar-refractivity contribution in [3.63, 3.8) is 0 Å². The predicted octanol–water partition coefficient (Wildman–Crippen LogP) is 2.65. The third kappa shape index (κ3) is 3.69. The third-order valence-corrected chi connectivity index (χ3v) is 2.80. The van der Waals surface area contributed by atoms with Crippen molar-refractivity contribution < 1.29 is 9.59 Å². The number of hydrogen-bond acceptors (Lipinski definition) is 2. The Morgan fingerprint density at radius 2 is 1.83 bits per heavy atom. The lowest BCUT2D eigenvalue weighted by Crippen LogP contribution is -2.33. The van der Waals surface area contributed by atoms with Gasteiger partial charge >= 0.3 is 0 Å². The zero-order valence-corrected chi connectivity index (χ0v) is 11.2. The zero-order chi connectivity index (χ0) is 13.4. The highest BCUT2D eigenvalue weighted by Crippen LogP contribution is 2.15. The normalized spacial score (nSPS) is 14.6. The van der Waals surface area contributed by atoms with Gasteiger partial charge in [-0.25, -0.2) is 0 Å². The second-order valence-electron chi connectivity index (χ2n) is 4.32. The van der Waals surface area contributed by atoms with E-state index in [1.54, 1.807) is 12.2 Å². The Balaban J connectivity index is 3.00. The van der Waals surface area contributed by atoms with Crippen LogP contribution in [0.2, 0.25) is 0 Å². The van der Waals surface area contributed by atoms with Crippen molar-refractivity contribution in [3.05, 3.63) is 35.5 Å². The van der Waals surface area contributed by atoms with Crippen molar-refractivity contribution in [1.29, 1.82) is 0 Å². The first-order valence-corrected chi connectivity index (χ1v) is 6.56. The molecule has 1 aliphatic carbocycles. The number of hydrogen-bond donors (Lipinski definition) is 0. The van der Waals surface area contributed by atoms with Gasteiger partial charge in [-0.3, -0.25) is 9.59 Å². The van der Waals surface area contributed by atoms with Gasteiger partial charge in [-0.05, 0) is 19.3 Å². The topological polar surface area (TPSA) is 37.4 Å². The molecule has 1 aliphatic rings. The van der Waals surface area contributed by atoms with Crippen molar-refractivity contribution in [2.45, 2.75) is 33.1 Å². The molecule has 0 aliphatic heterocycles. The molecule has 1 amide bonds. The lowest BCUT2D eigenvalue weighted by Gasteiger charge is -2.22. The molecule has 3 nitrogen and oxygen atoms in total. The highest BCUT2D eigenvalue weighted by atomic mass is 16.2. The molecule has 0 N–H and O–H groups in total. The Labute approximate surface area is 109 Å². The molecular weight excluding hydrogens is 226 g/mol. The van der Waals surface area contributed by atoms with Crippen LogP contribution in [0, 0.1) is 0 Å². The number of rotatable bonds is 6. The van der Waals surface area contributed by atoms with Gasteiger partial charge in [-0.2, -0.15) is 0 Å². The summed E-state index contributed by atoms with van der Waals surface area (Å²) in [7, 11) is 0. The van der Waals surface area contributed by atoms with E-state index in [0.717, 1.165) is 38.6 Å². The number of amides is 1. The molecule has 98 valence electrons. The van der Waals surface area contributed by atoms with Crippen LogP contribution in [0.3, 0.4) is 0 Å². The predicted molar refractivity (Wildman–Crippen MR) is 73.1 cm³/mol. The Morgan fingerprint density at radius 1 is 1.22 bits per heavy atom. The van der Waals surface area contributed by atoms with Crippen molar-refractivity contribution >= 4 is 12.2 Å². The SMILES string of the molecule is CCCN(CCC)C(=O)C1=C(C=O)C=CCC=C1. The van der Waals surface area contributed by atoms with Crippen LogP contribution in [0.15, 0.2) is 35.5 Å². The van der Waals surface area contributed by atoms with Gasteiger partial charge in [0.1, 0.15) is 0 Å². The fourth-order valence-electron chi connectivity index (χ4n) is 1.97. The first-order valence-electron chi connectivity index (χ1n) is 6.56. The Hall–Kier alpha value is -1.64. The molecule has 0 aromatic heterocycles. The van der Waals surface area contributed by atoms with E-state index in [1.807, 2.05) is 30.9 Å². The van der Waals surface area contributed by atoms with Crippen LogP contribution in [0.1, 0.15) is 33.1 Å². The molecule has 0 heterocycles. The van der Waals surface area contributed by atoms with Gasteiger partial charge in [0.15, 0.2) is 6.29 Å². The van der Waals surface area contributed by atoms with Crippen LogP contribution in [-0.2, 0) is 9.59 Å². The van der Waals surface area contributed by atoms with E-state index in [0.29, 0.717) is 11.1 Å². The fraction of sp³-hybridized carbons (Fsp3) is 0.467. The summed E-state index contributed by atoms with van der Waals surface area (Å²) in [6.45, 7) is 5.57. The van der Waals surface area contributed by atoms with Crippen LogP contribution in [0.5, 0.6) is 0 Å². The third-order valence-electron chi connectivity index (χ3n) is 2.80. The van der Waals surface area contributed by atoms with Crippen molar-refractivity contribution in [3.8, 4) is 0 Å². The molecule has 0 saturated heterocycles. The largest absolute Gasteiger partial charge is 0.339 e. The van der Waals surface area contributed by atoms with Crippen LogP contribution in [0.4, 0.5) is 0 Å². The van der Waals surface area contributed by atoms with Crippen LogP contribution in [-0.4, -0.2) is 30.2 Å². The van der Waals surface area contributed by atoms with E-state index in [2.05, 4.69) is 0 Å². The van der Waals surface area contributed by atoms with E-state index in [9.17, 15) is 9.59 Å². The second kappa shape index (κ2) is 7.64. The van der Waals surface area contributed by atoms with Gasteiger partial charge in [-0.1, -0.05) is 38.2 Å². The maximum atomic E-state index is 12.4. The maximum absolute atomic E-state index is 12.4. The van der Waals surface area contributed by atoms with E-state index in [4.69, 9.17) is 0 Å². The summed E-state index contributed by atoms with van der Waals surface area (Å²) in [6, 6.07) is 0. The van der Waals surface area contributed by atoms with E-state index in [1.165, 1.54) is 0 Å². The first-order chi connectivity index (χ1) is 8.74. The monoisotopic (exact) mass is 247 g/mol. The molecule has 18 heavy (non-hydrogen) atoms. The van der Waals surface area contributed by atoms with Crippen LogP contribution in [0.25, 0.3) is 0 Å². The zero-order valence-electron chi connectivity index (χ0n) is 11.2. The van der Waals surface area contributed by atoms with Crippen LogP contribution < -0.4 is 0 Å². The summed E-state index contributed by atoms with van der Waals surface area (Å²) in [4.78, 5) is 25.3. The first kappa shape index (κ1) is 14.4. The lowest BCUT2D eigenvalue weighted by atomic mass is 10.1. The molecule has 0 bridgehead atoms. The minimum absolute atomic E-state index is 0.0383. The van der Waals surface area contributed by atoms with E-state index >= 15 is 0 Å². The molecule has 1 rings (SSSR count). The maximum Gasteiger partial charge on any atom is 0.254 e. The number of nitrogens with zero attached hydrogens (tertiary/aromatic N) is 1. The smallest absolute Gasteiger partial charge is 0.254 e. The minimum atomic E-state index is -0.0383. The molecule has 0 fully saturated rings. The summed E-state index contributed by atoms with van der Waals surface area (Å²) in [5.74, 6) is -0.0383. The van der Waals surface area contributed by atoms with E-state index in [-0.39, 0.29) is 5.91 Å². The Morgan fingerprint density at radius 3 is 2.39 bits per heavy atom. The molecule has 0 aromatic carbocycles. The quantitative estimate of drug-likeness (QED) is 0.677. The van der Waals surface area contributed by atoms with E-state index < -0.39 is 0 Å². The molecule has 0 spiro atoms. The number of carbonyl (C=O) groups is 2. The van der Waals surface area contributed by atoms with Gasteiger partial charge in [0.2, 0.25) is 0 Å². The van der Waals surface area contributed by atoms with Gasteiger partial charge in [0.05, 0.1) is 0 Å². The minimum Gasteiger partial charge on any atom is -0.339 e. The summed E-state index contributed by atoms with van der Waals surface area (Å²) in [5.41, 5.74) is 0.992. The summed E-state index contributed by atoms with van der Waals surface area (Å²) >= 11 is 0. The Kier molecular flexibility index (Phi) is 6.12. The molecule has 0 atom stereocenters. The lowest BCUT2D eigenvalue weighted by molar-refractivity contribution is -0.127. The molecule has 0 radical (unpaired) electrons. The van der Waals surface area contributed by atoms with Gasteiger partial charge in [-0.15, -0.1) is 0 Å².